The van der Waals surface area contributed by atoms with Gasteiger partial charge in [-0.25, -0.2) is 0 Å². The molecule has 5 rings (SSSR count). The maximum Gasteiger partial charge on any atom is 0.261 e. The van der Waals surface area contributed by atoms with Crippen LogP contribution in [0.5, 0.6) is 0 Å². The van der Waals surface area contributed by atoms with Crippen molar-refractivity contribution < 1.29 is 47.2 Å². The van der Waals surface area contributed by atoms with Gasteiger partial charge in [0, 0.05) is 20.6 Å². The summed E-state index contributed by atoms with van der Waals surface area (Å²) in [6, 6.07) is 31.5. The molecule has 0 aliphatic carbocycles. The Labute approximate surface area is 369 Å². The fourth-order valence-corrected chi connectivity index (χ4v) is 16.0. The number of rotatable bonds is 17. The lowest BCUT2D eigenvalue weighted by Gasteiger charge is -2.43. The van der Waals surface area contributed by atoms with Gasteiger partial charge in [0.15, 0.2) is 17.4 Å². The molecule has 1 unspecified atom stereocenters. The van der Waals surface area contributed by atoms with E-state index < -0.39 is 58.7 Å². The molecular formula is C49H76O10Si2. The second kappa shape index (κ2) is 20.9. The molecule has 2 heterocycles. The van der Waals surface area contributed by atoms with Crippen molar-refractivity contribution in [2.75, 3.05) is 27.4 Å². The first-order valence-corrected chi connectivity index (χ1v) is 26.2. The molecule has 2 aliphatic rings. The number of hydrogen-bond acceptors (Lipinski definition) is 10. The van der Waals surface area contributed by atoms with E-state index in [1.165, 1.54) is 15.6 Å². The highest BCUT2D eigenvalue weighted by atomic mass is 28.4. The SMILES string of the molecule is CCC(=O)[C@H](OC)[C@H]1OC(C)(C)O[C@H]1CO[Si](C)(c1ccccc1)C(C)(C)C.CC[C@H](O)[C@H](OC)[C@H]1OC(C)(C)O[C@H]1CO[Si](c1ccccc1)(c1ccccc1)C(C)(C)C. The summed E-state index contributed by atoms with van der Waals surface area (Å²) in [7, 11) is -1.87. The number of benzene rings is 3. The van der Waals surface area contributed by atoms with Crippen LogP contribution in [0.2, 0.25) is 16.6 Å². The largest absolute Gasteiger partial charge is 0.409 e. The van der Waals surface area contributed by atoms with Crippen molar-refractivity contribution in [3.63, 3.8) is 0 Å². The Morgan fingerprint density at radius 1 is 0.656 bits per heavy atom. The third-order valence-corrected chi connectivity index (χ3v) is 22.3. The van der Waals surface area contributed by atoms with E-state index in [-0.39, 0.29) is 28.1 Å². The Morgan fingerprint density at radius 3 is 1.48 bits per heavy atom. The van der Waals surface area contributed by atoms with Gasteiger partial charge in [0.05, 0.1) is 19.3 Å². The van der Waals surface area contributed by atoms with Crippen LogP contribution in [0.3, 0.4) is 0 Å². The molecule has 3 aromatic carbocycles. The van der Waals surface area contributed by atoms with Gasteiger partial charge in [-0.15, -0.1) is 0 Å². The molecule has 8 atom stereocenters. The van der Waals surface area contributed by atoms with E-state index in [1.54, 1.807) is 14.2 Å². The monoisotopic (exact) mass is 880 g/mol. The molecular weight excluding hydrogens is 805 g/mol. The lowest BCUT2D eigenvalue weighted by atomic mass is 10.0. The van der Waals surface area contributed by atoms with Crippen LogP contribution in [0.4, 0.5) is 0 Å². The molecule has 0 radical (unpaired) electrons. The van der Waals surface area contributed by atoms with Crippen LogP contribution in [-0.2, 0) is 42.1 Å². The van der Waals surface area contributed by atoms with Gasteiger partial charge in [-0.05, 0) is 66.3 Å². The summed E-state index contributed by atoms with van der Waals surface area (Å²) in [5.41, 5.74) is 0. The van der Waals surface area contributed by atoms with Crippen molar-refractivity contribution in [3.05, 3.63) is 91.0 Å². The number of ether oxygens (including phenoxy) is 6. The van der Waals surface area contributed by atoms with Gasteiger partial charge in [-0.2, -0.15) is 0 Å². The number of aliphatic hydroxyl groups excluding tert-OH is 1. The molecule has 0 saturated carbocycles. The summed E-state index contributed by atoms with van der Waals surface area (Å²) < 4.78 is 49.6. The van der Waals surface area contributed by atoms with Crippen LogP contribution in [0.25, 0.3) is 0 Å². The first kappa shape index (κ1) is 51.0. The Bertz CT molecular complexity index is 1740. The Kier molecular flexibility index (Phi) is 17.5. The van der Waals surface area contributed by atoms with Gasteiger partial charge >= 0.3 is 0 Å². The molecule has 2 saturated heterocycles. The molecule has 1 N–H and O–H groups in total. The lowest BCUT2D eigenvalue weighted by Crippen LogP contribution is -2.67. The van der Waals surface area contributed by atoms with Crippen molar-refractivity contribution in [2.24, 2.45) is 0 Å². The van der Waals surface area contributed by atoms with Crippen LogP contribution in [0, 0.1) is 0 Å². The van der Waals surface area contributed by atoms with E-state index in [9.17, 15) is 9.90 Å². The molecule has 0 aromatic heterocycles. The first-order valence-electron chi connectivity index (χ1n) is 21.9. The predicted molar refractivity (Wildman–Crippen MR) is 248 cm³/mol. The number of hydrogen-bond donors (Lipinski definition) is 1. The number of aliphatic hydroxyl groups is 1. The third kappa shape index (κ3) is 12.0. The fourth-order valence-electron chi connectivity index (χ4n) is 8.62. The number of methoxy groups -OCH3 is 2. The molecule has 12 heteroatoms. The topological polar surface area (TPSA) is 111 Å². The maximum atomic E-state index is 12.4. The first-order chi connectivity index (χ1) is 28.5. The standard InChI is InChI=1S/C27H40O5Si.C22H36O5Si/c1-8-22(28)24(29-7)25-23(31-27(5,6)32-25)19-30-33(26(2,3)4,20-15-11-9-12-16-20)21-17-13-10-14-18-21;1-9-17(23)19(24-7)20-18(26-22(5,6)27-20)15-25-28(8,21(2,3)4)16-13-11-10-12-14-16/h9-18,22-25,28H,8,19H2,1-7H3;10-14,18-20H,9,15H2,1-8H3/t22-,23-,24-,25-;18-,19-,20-,28?/m00/s1. The second-order valence-corrected chi connectivity index (χ2v) is 28.1. The Balaban J connectivity index is 0.000000272. The summed E-state index contributed by atoms with van der Waals surface area (Å²) in [5.74, 6) is -1.55. The van der Waals surface area contributed by atoms with Gasteiger partial charge in [0.1, 0.15) is 36.6 Å². The Morgan fingerprint density at radius 2 is 1.08 bits per heavy atom. The van der Waals surface area contributed by atoms with E-state index in [0.717, 1.165) is 0 Å². The summed E-state index contributed by atoms with van der Waals surface area (Å²) in [4.78, 5) is 12.4. The molecule has 10 nitrogen and oxygen atoms in total. The van der Waals surface area contributed by atoms with Gasteiger partial charge in [-0.3, -0.25) is 4.79 Å². The van der Waals surface area contributed by atoms with E-state index >= 15 is 0 Å². The predicted octanol–water partition coefficient (Wildman–Crippen LogP) is 7.67. The van der Waals surface area contributed by atoms with Crippen molar-refractivity contribution in [1.29, 1.82) is 0 Å². The summed E-state index contributed by atoms with van der Waals surface area (Å²) in [5, 5.41) is 14.1. The van der Waals surface area contributed by atoms with Gasteiger partial charge in [0.25, 0.3) is 8.32 Å². The van der Waals surface area contributed by atoms with Crippen LogP contribution < -0.4 is 15.6 Å². The van der Waals surface area contributed by atoms with Crippen molar-refractivity contribution in [1.82, 2.24) is 0 Å². The minimum absolute atomic E-state index is 0.0117. The summed E-state index contributed by atoms with van der Waals surface area (Å²) in [6.45, 7) is 27.7. The van der Waals surface area contributed by atoms with Gasteiger partial charge in [0.2, 0.25) is 8.32 Å². The molecule has 61 heavy (non-hydrogen) atoms. The normalized spacial score (nSPS) is 23.9. The van der Waals surface area contributed by atoms with Crippen LogP contribution in [0.15, 0.2) is 91.0 Å². The summed E-state index contributed by atoms with van der Waals surface area (Å²) >= 11 is 0. The Hall–Kier alpha value is -2.60. The van der Waals surface area contributed by atoms with Crippen molar-refractivity contribution >= 4 is 38.0 Å². The van der Waals surface area contributed by atoms with Crippen molar-refractivity contribution in [3.8, 4) is 0 Å². The van der Waals surface area contributed by atoms with E-state index in [2.05, 4.69) is 121 Å². The second-order valence-electron chi connectivity index (χ2n) is 19.4. The zero-order chi connectivity index (χ0) is 45.4. The average molecular weight is 881 g/mol. The number of ketones is 1. The molecule has 0 amide bonds. The van der Waals surface area contributed by atoms with E-state index in [4.69, 9.17) is 37.3 Å². The van der Waals surface area contributed by atoms with Gasteiger partial charge < -0.3 is 42.4 Å². The fraction of sp³-hybridized carbons (Fsp3) is 0.612. The minimum Gasteiger partial charge on any atom is -0.409 e. The molecule has 340 valence electrons. The molecule has 0 bridgehead atoms. The molecule has 0 spiro atoms. The summed E-state index contributed by atoms with van der Waals surface area (Å²) in [6.07, 6.45) is -2.48. The number of carbonyl (C=O) groups is 1. The molecule has 2 fully saturated rings. The average Bonchev–Trinajstić information content (AvgIpc) is 3.70. The number of carbonyl (C=O) groups excluding carboxylic acids is 1. The zero-order valence-electron chi connectivity index (χ0n) is 39.7. The third-order valence-electron chi connectivity index (χ3n) is 12.2. The van der Waals surface area contributed by atoms with Crippen LogP contribution in [-0.4, -0.2) is 109 Å². The quantitative estimate of drug-likeness (QED) is 0.136. The smallest absolute Gasteiger partial charge is 0.261 e. The highest BCUT2D eigenvalue weighted by Crippen LogP contribution is 2.40. The van der Waals surface area contributed by atoms with E-state index in [0.29, 0.717) is 26.1 Å². The van der Waals surface area contributed by atoms with Crippen LogP contribution in [0.1, 0.15) is 95.9 Å². The molecule has 2 aliphatic heterocycles. The highest BCUT2D eigenvalue weighted by molar-refractivity contribution is 6.99. The van der Waals surface area contributed by atoms with Crippen LogP contribution >= 0.6 is 0 Å². The minimum atomic E-state index is -2.71. The van der Waals surface area contributed by atoms with Gasteiger partial charge in [-0.1, -0.05) is 146 Å². The number of Topliss-reactive ketones (excluding diaryl/α,β-unsaturated/α-hetero) is 1. The maximum absolute atomic E-state index is 12.4. The van der Waals surface area contributed by atoms with E-state index in [1.807, 2.05) is 59.7 Å². The van der Waals surface area contributed by atoms with Crippen molar-refractivity contribution in [2.45, 2.75) is 167 Å². The highest BCUT2D eigenvalue weighted by Gasteiger charge is 2.54. The molecule has 3 aromatic rings. The lowest BCUT2D eigenvalue weighted by molar-refractivity contribution is -0.167. The zero-order valence-corrected chi connectivity index (χ0v) is 41.7.